The Bertz CT molecular complexity index is 457. The molecule has 0 amide bonds. The quantitative estimate of drug-likeness (QED) is 0.825. The van der Waals surface area contributed by atoms with Gasteiger partial charge in [-0.15, -0.1) is 0 Å². The highest BCUT2D eigenvalue weighted by Gasteiger charge is 2.26. The van der Waals surface area contributed by atoms with E-state index >= 15 is 0 Å². The summed E-state index contributed by atoms with van der Waals surface area (Å²) in [6, 6.07) is 2.26. The Morgan fingerprint density at radius 1 is 1.30 bits per heavy atom. The molecule has 0 N–H and O–H groups in total. The summed E-state index contributed by atoms with van der Waals surface area (Å²) < 4.78 is 5.39. The van der Waals surface area contributed by atoms with Crippen molar-refractivity contribution >= 4 is 5.95 Å². The maximum atomic E-state index is 8.93. The fourth-order valence-electron chi connectivity index (χ4n) is 2.59. The molecule has 1 aliphatic heterocycles. The predicted octanol–water partition coefficient (Wildman–Crippen LogP) is 3.32. The average Bonchev–Trinajstić information content (AvgIpc) is 2.73. The van der Waals surface area contributed by atoms with Gasteiger partial charge in [-0.1, -0.05) is 26.7 Å². The van der Waals surface area contributed by atoms with Gasteiger partial charge in [0.2, 0.25) is 5.89 Å². The minimum atomic E-state index is -0.0721. The van der Waals surface area contributed by atoms with Crippen molar-refractivity contribution in [3.8, 4) is 6.07 Å². The molecule has 20 heavy (non-hydrogen) atoms. The lowest BCUT2D eigenvalue weighted by Gasteiger charge is -2.22. The van der Waals surface area contributed by atoms with Crippen LogP contribution in [0.2, 0.25) is 0 Å². The molecule has 5 heteroatoms. The molecule has 110 valence electrons. The van der Waals surface area contributed by atoms with Gasteiger partial charge in [-0.25, -0.2) is 0 Å². The molecule has 0 radical (unpaired) electrons. The van der Waals surface area contributed by atoms with E-state index < -0.39 is 0 Å². The van der Waals surface area contributed by atoms with Crippen LogP contribution in [-0.4, -0.2) is 23.2 Å². The molecular weight excluding hydrogens is 252 g/mol. The first-order valence-corrected chi connectivity index (χ1v) is 7.61. The number of anilines is 1. The van der Waals surface area contributed by atoms with E-state index in [4.69, 9.17) is 9.78 Å². The van der Waals surface area contributed by atoms with Gasteiger partial charge in [0, 0.05) is 25.9 Å². The van der Waals surface area contributed by atoms with Crippen molar-refractivity contribution < 1.29 is 4.52 Å². The zero-order chi connectivity index (χ0) is 14.4. The smallest absolute Gasteiger partial charge is 0.266 e. The van der Waals surface area contributed by atoms with Crippen molar-refractivity contribution in [3.63, 3.8) is 0 Å². The third kappa shape index (κ3) is 3.72. The lowest BCUT2D eigenvalue weighted by molar-refractivity contribution is 0.266. The zero-order valence-electron chi connectivity index (χ0n) is 12.6. The van der Waals surface area contributed by atoms with Crippen LogP contribution in [0.25, 0.3) is 0 Å². The molecule has 0 spiro atoms. The SMILES string of the molecule is CCC(C)(CC#N)Cc1nc(N2CCCCCC2)no1. The largest absolute Gasteiger partial charge is 0.338 e. The second kappa shape index (κ2) is 6.74. The number of hydrogen-bond donors (Lipinski definition) is 0. The van der Waals surface area contributed by atoms with E-state index in [0.717, 1.165) is 25.5 Å². The number of nitrogens with zero attached hydrogens (tertiary/aromatic N) is 4. The first-order chi connectivity index (χ1) is 9.67. The van der Waals surface area contributed by atoms with E-state index in [9.17, 15) is 0 Å². The summed E-state index contributed by atoms with van der Waals surface area (Å²) in [5.74, 6) is 1.38. The van der Waals surface area contributed by atoms with Gasteiger partial charge < -0.3 is 9.42 Å². The molecular formula is C15H24N4O. The predicted molar refractivity (Wildman–Crippen MR) is 77.3 cm³/mol. The van der Waals surface area contributed by atoms with Crippen LogP contribution < -0.4 is 4.90 Å². The fraction of sp³-hybridized carbons (Fsp3) is 0.800. The van der Waals surface area contributed by atoms with Crippen LogP contribution >= 0.6 is 0 Å². The Hall–Kier alpha value is -1.57. The van der Waals surface area contributed by atoms with E-state index in [1.54, 1.807) is 0 Å². The zero-order valence-corrected chi connectivity index (χ0v) is 12.6. The Morgan fingerprint density at radius 3 is 2.60 bits per heavy atom. The van der Waals surface area contributed by atoms with Crippen molar-refractivity contribution in [2.24, 2.45) is 5.41 Å². The Kier molecular flexibility index (Phi) is 4.99. The fourth-order valence-corrected chi connectivity index (χ4v) is 2.59. The molecule has 2 rings (SSSR count). The van der Waals surface area contributed by atoms with E-state index in [1.807, 2.05) is 0 Å². The second-order valence-electron chi connectivity index (χ2n) is 6.07. The lowest BCUT2D eigenvalue weighted by Crippen LogP contribution is -2.25. The highest BCUT2D eigenvalue weighted by molar-refractivity contribution is 5.27. The highest BCUT2D eigenvalue weighted by Crippen LogP contribution is 2.30. The average molecular weight is 276 g/mol. The Balaban J connectivity index is 2.03. The van der Waals surface area contributed by atoms with Crippen molar-refractivity contribution in [2.75, 3.05) is 18.0 Å². The molecule has 0 aromatic carbocycles. The molecule has 1 aromatic rings. The van der Waals surface area contributed by atoms with E-state index in [1.165, 1.54) is 25.7 Å². The molecule has 0 aliphatic carbocycles. The first kappa shape index (κ1) is 14.8. The van der Waals surface area contributed by atoms with Crippen LogP contribution in [0.5, 0.6) is 0 Å². The standard InChI is InChI=1S/C15H24N4O/c1-3-15(2,8-9-16)12-13-17-14(18-20-13)19-10-6-4-5-7-11-19/h3-8,10-12H2,1-2H3. The molecule has 5 nitrogen and oxygen atoms in total. The number of hydrogen-bond acceptors (Lipinski definition) is 5. The van der Waals surface area contributed by atoms with Gasteiger partial charge in [-0.2, -0.15) is 10.2 Å². The summed E-state index contributed by atoms with van der Waals surface area (Å²) in [5.41, 5.74) is -0.0721. The van der Waals surface area contributed by atoms with Crippen molar-refractivity contribution in [1.82, 2.24) is 10.1 Å². The number of aromatic nitrogens is 2. The Labute approximate surface area is 121 Å². The monoisotopic (exact) mass is 276 g/mol. The van der Waals surface area contributed by atoms with E-state index in [0.29, 0.717) is 18.7 Å². The molecule has 1 aliphatic rings. The van der Waals surface area contributed by atoms with E-state index in [2.05, 4.69) is 35.0 Å². The van der Waals surface area contributed by atoms with Crippen LogP contribution in [0, 0.1) is 16.7 Å². The Morgan fingerprint density at radius 2 is 2.00 bits per heavy atom. The van der Waals surface area contributed by atoms with Crippen LogP contribution in [0.15, 0.2) is 4.52 Å². The topological polar surface area (TPSA) is 66.0 Å². The molecule has 1 unspecified atom stereocenters. The summed E-state index contributed by atoms with van der Waals surface area (Å²) in [7, 11) is 0. The minimum absolute atomic E-state index is 0.0721. The highest BCUT2D eigenvalue weighted by atomic mass is 16.5. The summed E-state index contributed by atoms with van der Waals surface area (Å²) in [4.78, 5) is 6.75. The molecule has 1 fully saturated rings. The summed E-state index contributed by atoms with van der Waals surface area (Å²) in [5, 5.41) is 13.0. The lowest BCUT2D eigenvalue weighted by atomic mass is 9.81. The van der Waals surface area contributed by atoms with Crippen molar-refractivity contribution in [2.45, 2.75) is 58.8 Å². The molecule has 1 atom stereocenters. The maximum absolute atomic E-state index is 8.93. The minimum Gasteiger partial charge on any atom is -0.338 e. The van der Waals surface area contributed by atoms with Gasteiger partial charge in [0.1, 0.15) is 0 Å². The summed E-state index contributed by atoms with van der Waals surface area (Å²) in [6.07, 6.45) is 7.11. The maximum Gasteiger partial charge on any atom is 0.266 e. The molecule has 1 aromatic heterocycles. The van der Waals surface area contributed by atoms with Gasteiger partial charge in [-0.3, -0.25) is 0 Å². The van der Waals surface area contributed by atoms with Gasteiger partial charge >= 0.3 is 0 Å². The van der Waals surface area contributed by atoms with Crippen molar-refractivity contribution in [3.05, 3.63) is 5.89 Å². The summed E-state index contributed by atoms with van der Waals surface area (Å²) in [6.45, 7) is 6.24. The second-order valence-corrected chi connectivity index (χ2v) is 6.07. The van der Waals surface area contributed by atoms with Crippen LogP contribution in [0.1, 0.15) is 58.3 Å². The van der Waals surface area contributed by atoms with Crippen molar-refractivity contribution in [1.29, 1.82) is 5.26 Å². The van der Waals surface area contributed by atoms with Crippen LogP contribution in [0.3, 0.4) is 0 Å². The third-order valence-corrected chi connectivity index (χ3v) is 4.28. The first-order valence-electron chi connectivity index (χ1n) is 7.61. The normalized spacial score (nSPS) is 19.1. The van der Waals surface area contributed by atoms with Gasteiger partial charge in [-0.05, 0) is 29.8 Å². The molecule has 2 heterocycles. The molecule has 0 saturated carbocycles. The number of rotatable bonds is 5. The van der Waals surface area contributed by atoms with Crippen LogP contribution in [0.4, 0.5) is 5.95 Å². The molecule has 0 bridgehead atoms. The third-order valence-electron chi connectivity index (χ3n) is 4.28. The van der Waals surface area contributed by atoms with Gasteiger partial charge in [0.15, 0.2) is 0 Å². The van der Waals surface area contributed by atoms with Gasteiger partial charge in [0.25, 0.3) is 5.95 Å². The van der Waals surface area contributed by atoms with E-state index in [-0.39, 0.29) is 5.41 Å². The number of nitriles is 1. The summed E-state index contributed by atoms with van der Waals surface area (Å²) >= 11 is 0. The molecule has 1 saturated heterocycles. The van der Waals surface area contributed by atoms with Gasteiger partial charge in [0.05, 0.1) is 6.07 Å². The van der Waals surface area contributed by atoms with Crippen LogP contribution in [-0.2, 0) is 6.42 Å².